The molecule has 3 nitrogen and oxygen atoms in total. The lowest BCUT2D eigenvalue weighted by Gasteiger charge is -2.05. The zero-order valence-electron chi connectivity index (χ0n) is 9.77. The summed E-state index contributed by atoms with van der Waals surface area (Å²) >= 11 is 5.93. The van der Waals surface area contributed by atoms with Gasteiger partial charge in [-0.25, -0.2) is 9.97 Å². The predicted molar refractivity (Wildman–Crippen MR) is 67.9 cm³/mol. The number of ether oxygens (including phenoxy) is 1. The van der Waals surface area contributed by atoms with E-state index in [0.29, 0.717) is 17.6 Å². The molecular formula is C13H13ClN2O. The summed E-state index contributed by atoms with van der Waals surface area (Å²) in [5.74, 6) is 0.646. The van der Waals surface area contributed by atoms with Crippen LogP contribution >= 0.6 is 11.6 Å². The smallest absolute Gasteiger partial charge is 0.161 e. The first-order valence-electron chi connectivity index (χ1n) is 5.28. The summed E-state index contributed by atoms with van der Waals surface area (Å²) in [6.07, 6.45) is 0. The molecule has 0 aliphatic carbocycles. The Hall–Kier alpha value is -1.45. The fourth-order valence-corrected chi connectivity index (χ4v) is 1.86. The average Bonchev–Trinajstić information content (AvgIpc) is 2.28. The molecule has 4 heteroatoms. The highest BCUT2D eigenvalue weighted by molar-refractivity contribution is 6.29. The van der Waals surface area contributed by atoms with Crippen LogP contribution in [0, 0.1) is 6.92 Å². The molecule has 88 valence electrons. The zero-order valence-corrected chi connectivity index (χ0v) is 10.5. The van der Waals surface area contributed by atoms with Gasteiger partial charge >= 0.3 is 0 Å². The van der Waals surface area contributed by atoms with Crippen LogP contribution in [-0.2, 0) is 11.3 Å². The van der Waals surface area contributed by atoms with E-state index in [-0.39, 0.29) is 0 Å². The van der Waals surface area contributed by atoms with Crippen molar-refractivity contribution in [2.24, 2.45) is 0 Å². The summed E-state index contributed by atoms with van der Waals surface area (Å²) in [5, 5.41) is 0.463. The van der Waals surface area contributed by atoms with Gasteiger partial charge in [-0.05, 0) is 24.6 Å². The Morgan fingerprint density at radius 1 is 1.24 bits per heavy atom. The summed E-state index contributed by atoms with van der Waals surface area (Å²) in [7, 11) is 1.67. The molecule has 0 atom stereocenters. The fraction of sp³-hybridized carbons (Fsp3) is 0.231. The second-order valence-corrected chi connectivity index (χ2v) is 4.18. The molecule has 17 heavy (non-hydrogen) atoms. The molecule has 2 aromatic rings. The van der Waals surface area contributed by atoms with E-state index in [9.17, 15) is 0 Å². The van der Waals surface area contributed by atoms with Crippen LogP contribution in [0.3, 0.4) is 0 Å². The number of hydrogen-bond donors (Lipinski definition) is 0. The van der Waals surface area contributed by atoms with Crippen molar-refractivity contribution in [3.05, 3.63) is 46.7 Å². The summed E-state index contributed by atoms with van der Waals surface area (Å²) in [5.41, 5.74) is 2.90. The van der Waals surface area contributed by atoms with Crippen molar-refractivity contribution in [3.8, 4) is 11.4 Å². The van der Waals surface area contributed by atoms with Gasteiger partial charge in [0, 0.05) is 18.4 Å². The topological polar surface area (TPSA) is 35.0 Å². The van der Waals surface area contributed by atoms with E-state index in [2.05, 4.69) is 9.97 Å². The lowest BCUT2D eigenvalue weighted by atomic mass is 10.1. The van der Waals surface area contributed by atoms with Crippen molar-refractivity contribution in [1.82, 2.24) is 9.97 Å². The maximum atomic E-state index is 5.93. The van der Waals surface area contributed by atoms with Crippen LogP contribution in [0.2, 0.25) is 5.15 Å². The molecular weight excluding hydrogens is 236 g/mol. The van der Waals surface area contributed by atoms with E-state index in [0.717, 1.165) is 16.8 Å². The lowest BCUT2D eigenvalue weighted by molar-refractivity contribution is 0.185. The second-order valence-electron chi connectivity index (χ2n) is 3.79. The predicted octanol–water partition coefficient (Wildman–Crippen LogP) is 3.25. The van der Waals surface area contributed by atoms with E-state index in [1.807, 2.05) is 31.2 Å². The molecule has 0 N–H and O–H groups in total. The molecule has 0 saturated heterocycles. The number of aryl methyl sites for hydroxylation is 1. The summed E-state index contributed by atoms with van der Waals surface area (Å²) in [6.45, 7) is 2.48. The van der Waals surface area contributed by atoms with Crippen LogP contribution in [0.25, 0.3) is 11.4 Å². The van der Waals surface area contributed by atoms with Gasteiger partial charge in [0.1, 0.15) is 5.15 Å². The Morgan fingerprint density at radius 2 is 2.06 bits per heavy atom. The van der Waals surface area contributed by atoms with Gasteiger partial charge in [0.2, 0.25) is 0 Å². The second kappa shape index (κ2) is 5.25. The van der Waals surface area contributed by atoms with Gasteiger partial charge in [-0.15, -0.1) is 0 Å². The first kappa shape index (κ1) is 12.0. The fourth-order valence-electron chi connectivity index (χ4n) is 1.63. The summed E-state index contributed by atoms with van der Waals surface area (Å²) in [4.78, 5) is 8.59. The molecule has 0 aliphatic heterocycles. The highest BCUT2D eigenvalue weighted by atomic mass is 35.5. The van der Waals surface area contributed by atoms with Gasteiger partial charge < -0.3 is 4.74 Å². The van der Waals surface area contributed by atoms with Gasteiger partial charge in [-0.1, -0.05) is 29.8 Å². The molecule has 1 aromatic heterocycles. The van der Waals surface area contributed by atoms with Crippen LogP contribution in [0.5, 0.6) is 0 Å². The Balaban J connectivity index is 2.41. The normalized spacial score (nSPS) is 10.5. The van der Waals surface area contributed by atoms with Gasteiger partial charge in [0.15, 0.2) is 5.82 Å². The molecule has 0 unspecified atom stereocenters. The molecule has 0 radical (unpaired) electrons. The standard InChI is InChI=1S/C13H13ClN2O/c1-9-6-12(14)16-13(15-9)11-5-3-4-10(7-11)8-17-2/h3-7H,8H2,1-2H3. The third kappa shape index (κ3) is 3.02. The first-order valence-corrected chi connectivity index (χ1v) is 5.66. The Morgan fingerprint density at radius 3 is 2.76 bits per heavy atom. The number of aromatic nitrogens is 2. The van der Waals surface area contributed by atoms with E-state index in [4.69, 9.17) is 16.3 Å². The number of halogens is 1. The van der Waals surface area contributed by atoms with Crippen LogP contribution in [-0.4, -0.2) is 17.1 Å². The van der Waals surface area contributed by atoms with Crippen LogP contribution in [0.4, 0.5) is 0 Å². The number of benzene rings is 1. The van der Waals surface area contributed by atoms with Crippen molar-refractivity contribution in [2.45, 2.75) is 13.5 Å². The van der Waals surface area contributed by atoms with Gasteiger partial charge in [0.05, 0.1) is 6.61 Å². The van der Waals surface area contributed by atoms with Crippen molar-refractivity contribution in [1.29, 1.82) is 0 Å². The minimum absolute atomic E-state index is 0.463. The summed E-state index contributed by atoms with van der Waals surface area (Å²) < 4.78 is 5.10. The van der Waals surface area contributed by atoms with Crippen LogP contribution < -0.4 is 0 Å². The van der Waals surface area contributed by atoms with Crippen molar-refractivity contribution in [2.75, 3.05) is 7.11 Å². The lowest BCUT2D eigenvalue weighted by Crippen LogP contribution is -1.94. The SMILES string of the molecule is COCc1cccc(-c2nc(C)cc(Cl)n2)c1. The van der Waals surface area contributed by atoms with E-state index in [1.165, 1.54) is 0 Å². The molecule has 0 bridgehead atoms. The maximum absolute atomic E-state index is 5.93. The van der Waals surface area contributed by atoms with E-state index < -0.39 is 0 Å². The monoisotopic (exact) mass is 248 g/mol. The van der Waals surface area contributed by atoms with Gasteiger partial charge in [-0.2, -0.15) is 0 Å². The number of rotatable bonds is 3. The van der Waals surface area contributed by atoms with Crippen molar-refractivity contribution < 1.29 is 4.74 Å². The quantitative estimate of drug-likeness (QED) is 0.782. The number of methoxy groups -OCH3 is 1. The number of hydrogen-bond acceptors (Lipinski definition) is 3. The van der Waals surface area contributed by atoms with Crippen molar-refractivity contribution in [3.63, 3.8) is 0 Å². The molecule has 0 saturated carbocycles. The molecule has 0 fully saturated rings. The molecule has 0 spiro atoms. The largest absolute Gasteiger partial charge is 0.380 e. The Labute approximate surface area is 105 Å². The third-order valence-electron chi connectivity index (χ3n) is 2.32. The minimum atomic E-state index is 0.463. The van der Waals surface area contributed by atoms with Crippen LogP contribution in [0.1, 0.15) is 11.3 Å². The van der Waals surface area contributed by atoms with E-state index in [1.54, 1.807) is 13.2 Å². The molecule has 1 heterocycles. The average molecular weight is 249 g/mol. The molecule has 0 amide bonds. The van der Waals surface area contributed by atoms with Gasteiger partial charge in [0.25, 0.3) is 0 Å². The highest BCUT2D eigenvalue weighted by Gasteiger charge is 2.04. The molecule has 0 aliphatic rings. The molecule has 1 aromatic carbocycles. The first-order chi connectivity index (χ1) is 8.19. The van der Waals surface area contributed by atoms with Gasteiger partial charge in [-0.3, -0.25) is 0 Å². The molecule has 2 rings (SSSR count). The van der Waals surface area contributed by atoms with Crippen molar-refractivity contribution >= 4 is 11.6 Å². The minimum Gasteiger partial charge on any atom is -0.380 e. The highest BCUT2D eigenvalue weighted by Crippen LogP contribution is 2.19. The maximum Gasteiger partial charge on any atom is 0.161 e. The summed E-state index contributed by atoms with van der Waals surface area (Å²) in [6, 6.07) is 9.68. The number of nitrogens with zero attached hydrogens (tertiary/aromatic N) is 2. The Bertz CT molecular complexity index is 508. The zero-order chi connectivity index (χ0) is 12.3. The Kier molecular flexibility index (Phi) is 3.71. The van der Waals surface area contributed by atoms with Crippen LogP contribution in [0.15, 0.2) is 30.3 Å². The third-order valence-corrected chi connectivity index (χ3v) is 2.51. The van der Waals surface area contributed by atoms with E-state index >= 15 is 0 Å².